The number of rotatable bonds is 8. The van der Waals surface area contributed by atoms with Crippen LogP contribution in [0.3, 0.4) is 0 Å². The third-order valence-corrected chi connectivity index (χ3v) is 5.29. The van der Waals surface area contributed by atoms with Crippen molar-refractivity contribution in [3.05, 3.63) is 47.3 Å². The molecule has 3 rings (SSSR count). The molecule has 1 saturated carbocycles. The highest BCUT2D eigenvalue weighted by molar-refractivity contribution is 5.94. The Labute approximate surface area is 160 Å². The van der Waals surface area contributed by atoms with E-state index >= 15 is 0 Å². The number of nitrogens with one attached hydrogen (secondary N) is 3. The molecule has 3 amide bonds. The minimum absolute atomic E-state index is 0.178. The van der Waals surface area contributed by atoms with Crippen molar-refractivity contribution < 1.29 is 18.9 Å². The number of hydrogen-bond donors (Lipinski definition) is 3. The van der Waals surface area contributed by atoms with E-state index in [1.54, 1.807) is 18.2 Å². The van der Waals surface area contributed by atoms with E-state index in [1.165, 1.54) is 24.5 Å². The van der Waals surface area contributed by atoms with Crippen LogP contribution in [0, 0.1) is 5.82 Å². The lowest BCUT2D eigenvalue weighted by Gasteiger charge is -2.19. The van der Waals surface area contributed by atoms with Gasteiger partial charge in [0.05, 0.1) is 6.04 Å². The Morgan fingerprint density at radius 3 is 2.70 bits per heavy atom. The number of halogens is 1. The van der Waals surface area contributed by atoms with Crippen LogP contribution in [0.15, 0.2) is 35.9 Å². The van der Waals surface area contributed by atoms with E-state index in [2.05, 4.69) is 16.7 Å². The molecule has 27 heavy (non-hydrogen) atoms. The normalized spacial score (nSPS) is 17.7. The van der Waals surface area contributed by atoms with E-state index in [0.717, 1.165) is 37.0 Å². The maximum atomic E-state index is 13.9. The Morgan fingerprint density at radius 2 is 2.00 bits per heavy atom. The molecular formula is C21H29FN3O2+. The summed E-state index contributed by atoms with van der Waals surface area (Å²) >= 11 is 0. The van der Waals surface area contributed by atoms with Gasteiger partial charge in [-0.15, -0.1) is 0 Å². The van der Waals surface area contributed by atoms with Gasteiger partial charge in [-0.3, -0.25) is 10.1 Å². The van der Waals surface area contributed by atoms with Crippen LogP contribution in [-0.4, -0.2) is 31.1 Å². The van der Waals surface area contributed by atoms with Crippen LogP contribution in [0.2, 0.25) is 0 Å². The summed E-state index contributed by atoms with van der Waals surface area (Å²) in [6.45, 7) is 1.18. The smallest absolute Gasteiger partial charge is 0.321 e. The zero-order valence-corrected chi connectivity index (χ0v) is 15.7. The maximum Gasteiger partial charge on any atom is 0.321 e. The van der Waals surface area contributed by atoms with Gasteiger partial charge >= 0.3 is 6.03 Å². The number of hydrogen-bond acceptors (Lipinski definition) is 2. The fourth-order valence-electron chi connectivity index (χ4n) is 3.62. The van der Waals surface area contributed by atoms with Crippen molar-refractivity contribution in [3.8, 4) is 0 Å². The van der Waals surface area contributed by atoms with Crippen LogP contribution >= 0.6 is 0 Å². The number of quaternary nitrogens is 1. The Hall–Kier alpha value is -2.21. The highest BCUT2D eigenvalue weighted by atomic mass is 19.1. The molecule has 1 aromatic rings. The Balaban J connectivity index is 1.41. The second-order valence-corrected chi connectivity index (χ2v) is 7.54. The molecule has 146 valence electrons. The molecular weight excluding hydrogens is 345 g/mol. The standard InChI is InChI=1S/C21H28FN3O2/c22-19-9-5-4-8-17(19)14-25(18-10-11-18)15-20(26)24-21(27)23-13-12-16-6-2-1-3-7-16/h4-6,8-9,18H,1-3,7,10-15H2,(H2,23,24,26,27)/p+1. The minimum Gasteiger partial charge on any atom is -0.337 e. The number of carbonyl (C=O) groups is 2. The summed E-state index contributed by atoms with van der Waals surface area (Å²) in [6.07, 6.45) is 9.88. The summed E-state index contributed by atoms with van der Waals surface area (Å²) in [7, 11) is 0. The van der Waals surface area contributed by atoms with Gasteiger partial charge in [0.1, 0.15) is 12.4 Å². The van der Waals surface area contributed by atoms with E-state index in [0.29, 0.717) is 24.7 Å². The molecule has 2 aliphatic rings. The topological polar surface area (TPSA) is 62.6 Å². The fourth-order valence-corrected chi connectivity index (χ4v) is 3.62. The molecule has 0 heterocycles. The Bertz CT molecular complexity index is 700. The van der Waals surface area contributed by atoms with E-state index in [9.17, 15) is 14.0 Å². The molecule has 1 fully saturated rings. The number of allylic oxidation sites excluding steroid dienone is 1. The predicted molar refractivity (Wildman–Crippen MR) is 102 cm³/mol. The van der Waals surface area contributed by atoms with Crippen molar-refractivity contribution in [2.75, 3.05) is 13.1 Å². The maximum absolute atomic E-state index is 13.9. The predicted octanol–water partition coefficient (Wildman–Crippen LogP) is 2.09. The summed E-state index contributed by atoms with van der Waals surface area (Å²) in [5.41, 5.74) is 2.00. The zero-order chi connectivity index (χ0) is 19.1. The van der Waals surface area contributed by atoms with Crippen molar-refractivity contribution in [3.63, 3.8) is 0 Å². The number of amides is 3. The van der Waals surface area contributed by atoms with Gasteiger partial charge in [0.15, 0.2) is 6.54 Å². The first kappa shape index (κ1) is 19.5. The molecule has 0 bridgehead atoms. The lowest BCUT2D eigenvalue weighted by Crippen LogP contribution is -3.13. The van der Waals surface area contributed by atoms with Gasteiger partial charge in [-0.05, 0) is 38.2 Å². The van der Waals surface area contributed by atoms with Crippen LogP contribution in [0.4, 0.5) is 9.18 Å². The largest absolute Gasteiger partial charge is 0.337 e. The molecule has 5 nitrogen and oxygen atoms in total. The van der Waals surface area contributed by atoms with Crippen molar-refractivity contribution in [1.82, 2.24) is 10.6 Å². The summed E-state index contributed by atoms with van der Waals surface area (Å²) < 4.78 is 13.9. The summed E-state index contributed by atoms with van der Waals surface area (Å²) in [4.78, 5) is 25.2. The quantitative estimate of drug-likeness (QED) is 0.610. The third-order valence-electron chi connectivity index (χ3n) is 5.29. The van der Waals surface area contributed by atoms with Gasteiger partial charge in [0.25, 0.3) is 5.91 Å². The molecule has 0 saturated heterocycles. The SMILES string of the molecule is O=C(C[NH+](Cc1ccccc1F)C1CC1)NC(=O)NCCC1=CCCCC1. The van der Waals surface area contributed by atoms with E-state index < -0.39 is 6.03 Å². The van der Waals surface area contributed by atoms with E-state index in [1.807, 2.05) is 0 Å². The average Bonchev–Trinajstić information content (AvgIpc) is 3.49. The first-order valence-electron chi connectivity index (χ1n) is 9.95. The Kier molecular flexibility index (Phi) is 6.98. The molecule has 3 N–H and O–H groups in total. The summed E-state index contributed by atoms with van der Waals surface area (Å²) in [5, 5.41) is 5.16. The number of carbonyl (C=O) groups excluding carboxylic acids is 2. The van der Waals surface area contributed by atoms with Crippen molar-refractivity contribution >= 4 is 11.9 Å². The molecule has 0 aliphatic heterocycles. The molecule has 0 aromatic heterocycles. The van der Waals surface area contributed by atoms with E-state index in [4.69, 9.17) is 0 Å². The zero-order valence-electron chi connectivity index (χ0n) is 15.7. The fraction of sp³-hybridized carbons (Fsp3) is 0.524. The molecule has 6 heteroatoms. The Morgan fingerprint density at radius 1 is 1.19 bits per heavy atom. The van der Waals surface area contributed by atoms with Gasteiger partial charge in [0, 0.05) is 24.9 Å². The third kappa shape index (κ3) is 6.47. The van der Waals surface area contributed by atoms with Crippen LogP contribution < -0.4 is 15.5 Å². The second kappa shape index (κ2) is 9.65. The van der Waals surface area contributed by atoms with Crippen LogP contribution in [0.1, 0.15) is 50.5 Å². The average molecular weight is 374 g/mol. The molecule has 1 atom stereocenters. The van der Waals surface area contributed by atoms with Crippen molar-refractivity contribution in [2.24, 2.45) is 0 Å². The number of benzene rings is 1. The molecule has 1 aromatic carbocycles. The van der Waals surface area contributed by atoms with Crippen LogP contribution in [-0.2, 0) is 11.3 Å². The van der Waals surface area contributed by atoms with Gasteiger partial charge in [0.2, 0.25) is 0 Å². The van der Waals surface area contributed by atoms with Gasteiger partial charge in [-0.1, -0.05) is 29.8 Å². The molecule has 1 unspecified atom stereocenters. The lowest BCUT2D eigenvalue weighted by molar-refractivity contribution is -0.917. The highest BCUT2D eigenvalue weighted by Crippen LogP contribution is 2.19. The first-order chi connectivity index (χ1) is 13.1. The summed E-state index contributed by atoms with van der Waals surface area (Å²) in [5.74, 6) is -0.562. The first-order valence-corrected chi connectivity index (χ1v) is 9.95. The molecule has 0 spiro atoms. The van der Waals surface area contributed by atoms with E-state index in [-0.39, 0.29) is 18.3 Å². The minimum atomic E-state index is -0.447. The van der Waals surface area contributed by atoms with Gasteiger partial charge in [-0.25, -0.2) is 9.18 Å². The molecule has 2 aliphatic carbocycles. The van der Waals surface area contributed by atoms with Gasteiger partial charge in [-0.2, -0.15) is 0 Å². The van der Waals surface area contributed by atoms with Crippen LogP contribution in [0.25, 0.3) is 0 Å². The molecule has 0 radical (unpaired) electrons. The highest BCUT2D eigenvalue weighted by Gasteiger charge is 2.35. The van der Waals surface area contributed by atoms with Crippen molar-refractivity contribution in [1.29, 1.82) is 0 Å². The number of urea groups is 1. The van der Waals surface area contributed by atoms with Crippen molar-refractivity contribution in [2.45, 2.75) is 57.5 Å². The summed E-state index contributed by atoms with van der Waals surface area (Å²) in [6, 6.07) is 6.58. The van der Waals surface area contributed by atoms with Crippen LogP contribution in [0.5, 0.6) is 0 Å². The second-order valence-electron chi connectivity index (χ2n) is 7.54. The van der Waals surface area contributed by atoms with Gasteiger partial charge < -0.3 is 10.2 Å². The monoisotopic (exact) mass is 374 g/mol. The lowest BCUT2D eigenvalue weighted by atomic mass is 9.97. The number of imide groups is 1.